The molecule has 2 amide bonds. The number of sulfonamides is 1. The van der Waals surface area contributed by atoms with E-state index in [0.717, 1.165) is 11.3 Å². The summed E-state index contributed by atoms with van der Waals surface area (Å²) in [4.78, 5) is 26.6. The Kier molecular flexibility index (Phi) is 6.71. The van der Waals surface area contributed by atoms with Crippen LogP contribution in [0.2, 0.25) is 0 Å². The number of piperidine rings is 1. The van der Waals surface area contributed by atoms with Crippen molar-refractivity contribution in [1.82, 2.24) is 9.62 Å². The second kappa shape index (κ2) is 9.32. The fourth-order valence-corrected chi connectivity index (χ4v) is 6.90. The highest BCUT2D eigenvalue weighted by molar-refractivity contribution is 8.01. The Labute approximate surface area is 190 Å². The molecule has 1 aromatic carbocycles. The van der Waals surface area contributed by atoms with Crippen molar-refractivity contribution in [2.45, 2.75) is 41.2 Å². The Bertz CT molecular complexity index is 1060. The Morgan fingerprint density at radius 3 is 2.74 bits per heavy atom. The maximum Gasteiger partial charge on any atom is 0.243 e. The van der Waals surface area contributed by atoms with Gasteiger partial charge in [0, 0.05) is 35.3 Å². The number of amides is 2. The zero-order chi connectivity index (χ0) is 22.0. The number of hydrogen-bond acceptors (Lipinski definition) is 6. The van der Waals surface area contributed by atoms with E-state index in [0.29, 0.717) is 38.2 Å². The van der Waals surface area contributed by atoms with Crippen LogP contribution in [0, 0.1) is 5.92 Å². The molecule has 10 heteroatoms. The van der Waals surface area contributed by atoms with Gasteiger partial charge in [-0.15, -0.1) is 23.1 Å². The largest absolute Gasteiger partial charge is 0.355 e. The van der Waals surface area contributed by atoms with Crippen LogP contribution < -0.4 is 10.6 Å². The molecule has 4 rings (SSSR count). The quantitative estimate of drug-likeness (QED) is 0.664. The van der Waals surface area contributed by atoms with Crippen LogP contribution >= 0.6 is 23.1 Å². The number of fused-ring (bicyclic) bond motifs is 1. The molecule has 0 saturated carbocycles. The molecular formula is C21H25N3O4S3. The number of thioether (sulfide) groups is 1. The summed E-state index contributed by atoms with van der Waals surface area (Å²) in [5.74, 6) is -0.301. The van der Waals surface area contributed by atoms with E-state index in [-0.39, 0.29) is 27.9 Å². The lowest BCUT2D eigenvalue weighted by atomic mass is 9.97. The highest BCUT2D eigenvalue weighted by Gasteiger charge is 2.33. The standard InChI is InChI=1S/C21H25N3O4S3/c1-14-20(25)23-18-13-17(4-5-19(18)30-14)31(27,28)24-10-7-15(8-11-24)21(26)22-9-6-16-3-2-12-29-16/h2-5,12-15H,6-11H2,1H3,(H,22,26)(H,23,25)/t14-/m0/s1. The van der Waals surface area contributed by atoms with E-state index in [1.54, 1.807) is 23.5 Å². The van der Waals surface area contributed by atoms with Crippen molar-refractivity contribution < 1.29 is 18.0 Å². The van der Waals surface area contributed by atoms with Crippen molar-refractivity contribution in [3.05, 3.63) is 40.6 Å². The molecule has 0 aliphatic carbocycles. The zero-order valence-electron chi connectivity index (χ0n) is 17.2. The van der Waals surface area contributed by atoms with Crippen LogP contribution in [0.1, 0.15) is 24.6 Å². The smallest absolute Gasteiger partial charge is 0.243 e. The third-order valence-electron chi connectivity index (χ3n) is 5.60. The second-order valence-corrected chi connectivity index (χ2v) is 12.1. The van der Waals surface area contributed by atoms with Crippen LogP contribution in [0.3, 0.4) is 0 Å². The number of benzene rings is 1. The Morgan fingerprint density at radius 2 is 2.03 bits per heavy atom. The molecule has 1 fully saturated rings. The summed E-state index contributed by atoms with van der Waals surface area (Å²) in [6.07, 6.45) is 1.81. The minimum atomic E-state index is -3.68. The van der Waals surface area contributed by atoms with E-state index in [2.05, 4.69) is 10.6 Å². The molecule has 2 aliphatic heterocycles. The average Bonchev–Trinajstić information content (AvgIpc) is 3.28. The van der Waals surface area contributed by atoms with Crippen molar-refractivity contribution in [2.24, 2.45) is 5.92 Å². The fourth-order valence-electron chi connectivity index (χ4n) is 3.76. The van der Waals surface area contributed by atoms with Crippen LogP contribution in [0.15, 0.2) is 45.5 Å². The lowest BCUT2D eigenvalue weighted by molar-refractivity contribution is -0.126. The van der Waals surface area contributed by atoms with Crippen LogP contribution in [-0.2, 0) is 26.0 Å². The first-order chi connectivity index (χ1) is 14.8. The van der Waals surface area contributed by atoms with E-state index in [1.807, 2.05) is 24.4 Å². The molecule has 7 nitrogen and oxygen atoms in total. The van der Waals surface area contributed by atoms with E-state index in [9.17, 15) is 18.0 Å². The number of thiophene rings is 1. The molecule has 0 unspecified atom stereocenters. The molecule has 0 bridgehead atoms. The molecule has 2 N–H and O–H groups in total. The first-order valence-electron chi connectivity index (χ1n) is 10.3. The topological polar surface area (TPSA) is 95.6 Å². The molecule has 3 heterocycles. The lowest BCUT2D eigenvalue weighted by Crippen LogP contribution is -2.43. The third-order valence-corrected chi connectivity index (χ3v) is 9.60. The summed E-state index contributed by atoms with van der Waals surface area (Å²) in [5, 5.41) is 7.57. The molecule has 0 radical (unpaired) electrons. The van der Waals surface area contributed by atoms with Gasteiger partial charge in [0.15, 0.2) is 0 Å². The summed E-state index contributed by atoms with van der Waals surface area (Å²) in [7, 11) is -3.68. The van der Waals surface area contributed by atoms with Gasteiger partial charge in [-0.3, -0.25) is 9.59 Å². The van der Waals surface area contributed by atoms with Gasteiger partial charge < -0.3 is 10.6 Å². The molecule has 1 saturated heterocycles. The molecule has 31 heavy (non-hydrogen) atoms. The maximum atomic E-state index is 13.1. The molecule has 166 valence electrons. The molecule has 1 atom stereocenters. The van der Waals surface area contributed by atoms with Gasteiger partial charge in [0.2, 0.25) is 21.8 Å². The highest BCUT2D eigenvalue weighted by atomic mass is 32.2. The van der Waals surface area contributed by atoms with Crippen LogP contribution in [-0.4, -0.2) is 49.4 Å². The van der Waals surface area contributed by atoms with E-state index in [4.69, 9.17) is 0 Å². The number of anilines is 1. The average molecular weight is 480 g/mol. The van der Waals surface area contributed by atoms with Gasteiger partial charge in [0.05, 0.1) is 15.8 Å². The van der Waals surface area contributed by atoms with Gasteiger partial charge in [0.25, 0.3) is 0 Å². The van der Waals surface area contributed by atoms with Crippen molar-refractivity contribution >= 4 is 50.6 Å². The number of hydrogen-bond donors (Lipinski definition) is 2. The number of rotatable bonds is 6. The number of nitrogens with one attached hydrogen (secondary N) is 2. The Hall–Kier alpha value is -1.88. The van der Waals surface area contributed by atoms with E-state index < -0.39 is 10.0 Å². The number of carbonyl (C=O) groups is 2. The van der Waals surface area contributed by atoms with Crippen LogP contribution in [0.25, 0.3) is 0 Å². The van der Waals surface area contributed by atoms with Crippen LogP contribution in [0.4, 0.5) is 5.69 Å². The van der Waals surface area contributed by atoms with Gasteiger partial charge in [-0.1, -0.05) is 6.07 Å². The summed E-state index contributed by atoms with van der Waals surface area (Å²) < 4.78 is 27.6. The van der Waals surface area contributed by atoms with Gasteiger partial charge in [-0.25, -0.2) is 8.42 Å². The molecule has 0 spiro atoms. The second-order valence-electron chi connectivity index (χ2n) is 7.71. The summed E-state index contributed by atoms with van der Waals surface area (Å²) in [6, 6.07) is 8.91. The highest BCUT2D eigenvalue weighted by Crippen LogP contribution is 2.37. The van der Waals surface area contributed by atoms with Gasteiger partial charge >= 0.3 is 0 Å². The van der Waals surface area contributed by atoms with Gasteiger partial charge in [-0.05, 0) is 55.8 Å². The van der Waals surface area contributed by atoms with Crippen LogP contribution in [0.5, 0.6) is 0 Å². The van der Waals surface area contributed by atoms with Crippen molar-refractivity contribution in [3.63, 3.8) is 0 Å². The molecule has 2 aliphatic rings. The van der Waals surface area contributed by atoms with E-state index in [1.165, 1.54) is 27.0 Å². The third kappa shape index (κ3) is 4.97. The maximum absolute atomic E-state index is 13.1. The lowest BCUT2D eigenvalue weighted by Gasteiger charge is -2.31. The van der Waals surface area contributed by atoms with Crippen molar-refractivity contribution in [3.8, 4) is 0 Å². The number of carbonyl (C=O) groups excluding carboxylic acids is 2. The fraction of sp³-hybridized carbons (Fsp3) is 0.429. The molecular weight excluding hydrogens is 454 g/mol. The predicted octanol–water partition coefficient (Wildman–Crippen LogP) is 2.94. The Balaban J connectivity index is 1.34. The molecule has 1 aromatic heterocycles. The monoisotopic (exact) mass is 479 g/mol. The van der Waals surface area contributed by atoms with E-state index >= 15 is 0 Å². The molecule has 2 aromatic rings. The summed E-state index contributed by atoms with van der Waals surface area (Å²) >= 11 is 3.09. The minimum absolute atomic E-state index is 0.00348. The number of nitrogens with zero attached hydrogens (tertiary/aromatic N) is 1. The zero-order valence-corrected chi connectivity index (χ0v) is 19.6. The SMILES string of the molecule is C[C@@H]1Sc2ccc(S(=O)(=O)N3CCC(C(=O)NCCc4cccs4)CC3)cc2NC1=O. The predicted molar refractivity (Wildman–Crippen MR) is 123 cm³/mol. The Morgan fingerprint density at radius 1 is 1.26 bits per heavy atom. The first kappa shape index (κ1) is 22.3. The summed E-state index contributed by atoms with van der Waals surface area (Å²) in [6.45, 7) is 3.02. The van der Waals surface area contributed by atoms with Crippen molar-refractivity contribution in [1.29, 1.82) is 0 Å². The summed E-state index contributed by atoms with van der Waals surface area (Å²) in [5.41, 5.74) is 0.536. The van der Waals surface area contributed by atoms with Gasteiger partial charge in [0.1, 0.15) is 0 Å². The van der Waals surface area contributed by atoms with Crippen molar-refractivity contribution in [2.75, 3.05) is 25.0 Å². The first-order valence-corrected chi connectivity index (χ1v) is 13.5. The van der Waals surface area contributed by atoms with Gasteiger partial charge in [-0.2, -0.15) is 4.31 Å². The normalized spacial score (nSPS) is 20.2. The minimum Gasteiger partial charge on any atom is -0.355 e.